The second kappa shape index (κ2) is 19.9. The van der Waals surface area contributed by atoms with Gasteiger partial charge in [-0.2, -0.15) is 0 Å². The zero-order chi connectivity index (χ0) is 37.8. The van der Waals surface area contributed by atoms with Crippen LogP contribution in [0.4, 0.5) is 10.1 Å². The summed E-state index contributed by atoms with van der Waals surface area (Å²) in [6.07, 6.45) is 16.2. The number of benzene rings is 1. The highest BCUT2D eigenvalue weighted by molar-refractivity contribution is 5.94. The summed E-state index contributed by atoms with van der Waals surface area (Å²) < 4.78 is 15.9. The van der Waals surface area contributed by atoms with Crippen LogP contribution in [0.3, 0.4) is 0 Å². The van der Waals surface area contributed by atoms with Crippen LogP contribution < -0.4 is 10.2 Å². The number of allylic oxidation sites excluding steroid dienone is 2. The lowest BCUT2D eigenvalue weighted by atomic mass is 9.85. The Kier molecular flexibility index (Phi) is 15.6. The number of likely N-dealkylation sites (N-methyl/N-ethyl adjacent to an activating group) is 1. The fraction of sp³-hybridized carbons (Fsp3) is 0.558. The Hall–Kier alpha value is -3.82. The quantitative estimate of drug-likeness (QED) is 0.108. The molecule has 2 fully saturated rings. The number of carbonyl (C=O) groups is 2. The second-order valence-corrected chi connectivity index (χ2v) is 14.9. The molecule has 1 atom stereocenters. The molecule has 3 heterocycles. The highest BCUT2D eigenvalue weighted by atomic mass is 19.1. The van der Waals surface area contributed by atoms with E-state index in [0.717, 1.165) is 112 Å². The minimum atomic E-state index is -0.239. The van der Waals surface area contributed by atoms with Gasteiger partial charge in [-0.1, -0.05) is 25.5 Å². The molecule has 0 bridgehead atoms. The Labute approximate surface area is 312 Å². The minimum absolute atomic E-state index is 0.0384. The number of aromatic nitrogens is 1. The molecule has 1 aromatic carbocycles. The SMILES string of the molecule is CCCN(CCC)CC1CCN(C(=O)c2cc(C)c(C3CCN(C(C)/C(C)=C/c4c(N(C)/C=C\C(=C/C=O)NC)ccnc4C)CC3)c(F)c2)CC1. The summed E-state index contributed by atoms with van der Waals surface area (Å²) in [7, 11) is 3.78. The lowest BCUT2D eigenvalue weighted by Crippen LogP contribution is -2.42. The smallest absolute Gasteiger partial charge is 0.253 e. The van der Waals surface area contributed by atoms with Crippen molar-refractivity contribution in [3.05, 3.63) is 87.8 Å². The number of aryl methyl sites for hydroxylation is 2. The molecule has 52 heavy (non-hydrogen) atoms. The van der Waals surface area contributed by atoms with Crippen molar-refractivity contribution in [1.29, 1.82) is 0 Å². The van der Waals surface area contributed by atoms with Crippen molar-refractivity contribution < 1.29 is 14.0 Å². The normalized spacial score (nSPS) is 17.6. The van der Waals surface area contributed by atoms with Gasteiger partial charge in [0.2, 0.25) is 0 Å². The molecule has 1 aromatic heterocycles. The van der Waals surface area contributed by atoms with Crippen LogP contribution in [0.5, 0.6) is 0 Å². The molecule has 0 radical (unpaired) electrons. The third-order valence-electron chi connectivity index (χ3n) is 11.2. The molecule has 1 amide bonds. The first-order chi connectivity index (χ1) is 25.0. The van der Waals surface area contributed by atoms with Gasteiger partial charge in [0.05, 0.1) is 5.69 Å². The largest absolute Gasteiger partial charge is 0.388 e. The van der Waals surface area contributed by atoms with Crippen molar-refractivity contribution >= 4 is 24.0 Å². The van der Waals surface area contributed by atoms with Gasteiger partial charge in [0.1, 0.15) is 12.1 Å². The van der Waals surface area contributed by atoms with E-state index in [0.29, 0.717) is 11.5 Å². The van der Waals surface area contributed by atoms with Crippen LogP contribution in [0.25, 0.3) is 6.08 Å². The predicted molar refractivity (Wildman–Crippen MR) is 213 cm³/mol. The molecule has 2 saturated heterocycles. The summed E-state index contributed by atoms with van der Waals surface area (Å²) in [5, 5.41) is 3.02. The van der Waals surface area contributed by atoms with Gasteiger partial charge in [-0.25, -0.2) is 4.39 Å². The van der Waals surface area contributed by atoms with Crippen molar-refractivity contribution in [3.8, 4) is 0 Å². The van der Waals surface area contributed by atoms with Crippen molar-refractivity contribution in [2.75, 3.05) is 64.8 Å². The molecule has 9 heteroatoms. The first-order valence-electron chi connectivity index (χ1n) is 19.4. The summed E-state index contributed by atoms with van der Waals surface area (Å²) in [4.78, 5) is 38.1. The third kappa shape index (κ3) is 10.6. The van der Waals surface area contributed by atoms with Crippen molar-refractivity contribution in [3.63, 3.8) is 0 Å². The average Bonchev–Trinajstić information content (AvgIpc) is 3.13. The van der Waals surface area contributed by atoms with Crippen molar-refractivity contribution in [2.45, 2.75) is 92.0 Å². The summed E-state index contributed by atoms with van der Waals surface area (Å²) in [5.41, 5.74) is 7.12. The summed E-state index contributed by atoms with van der Waals surface area (Å²) in [6.45, 7) is 19.5. The van der Waals surface area contributed by atoms with Crippen LogP contribution in [-0.4, -0.2) is 97.8 Å². The third-order valence-corrected chi connectivity index (χ3v) is 11.2. The summed E-state index contributed by atoms with van der Waals surface area (Å²) in [5.74, 6) is 0.470. The molecular formula is C43H63FN6O2. The Bertz CT molecular complexity index is 1560. The van der Waals surface area contributed by atoms with E-state index in [1.165, 1.54) is 30.6 Å². The minimum Gasteiger partial charge on any atom is -0.388 e. The number of halogens is 1. The number of rotatable bonds is 16. The highest BCUT2D eigenvalue weighted by Gasteiger charge is 2.30. The molecule has 0 saturated carbocycles. The van der Waals surface area contributed by atoms with E-state index in [9.17, 15) is 9.59 Å². The summed E-state index contributed by atoms with van der Waals surface area (Å²) in [6, 6.07) is 5.64. The lowest BCUT2D eigenvalue weighted by molar-refractivity contribution is -0.104. The van der Waals surface area contributed by atoms with Gasteiger partial charge >= 0.3 is 0 Å². The van der Waals surface area contributed by atoms with Crippen LogP contribution in [0, 0.1) is 25.6 Å². The van der Waals surface area contributed by atoms with Gasteiger partial charge in [0, 0.05) is 80.8 Å². The van der Waals surface area contributed by atoms with Crippen molar-refractivity contribution in [1.82, 2.24) is 25.0 Å². The van der Waals surface area contributed by atoms with Gasteiger partial charge in [0.25, 0.3) is 5.91 Å². The summed E-state index contributed by atoms with van der Waals surface area (Å²) >= 11 is 0. The number of amides is 1. The van der Waals surface area contributed by atoms with Gasteiger partial charge in [-0.15, -0.1) is 0 Å². The predicted octanol–water partition coefficient (Wildman–Crippen LogP) is 7.74. The van der Waals surface area contributed by atoms with E-state index in [4.69, 9.17) is 0 Å². The van der Waals surface area contributed by atoms with Gasteiger partial charge in [-0.3, -0.25) is 19.5 Å². The monoisotopic (exact) mass is 714 g/mol. The second-order valence-electron chi connectivity index (χ2n) is 14.9. The Morgan fingerprint density at radius 1 is 1.08 bits per heavy atom. The topological polar surface area (TPSA) is 72.0 Å². The Balaban J connectivity index is 1.37. The molecule has 8 nitrogen and oxygen atoms in total. The van der Waals surface area contributed by atoms with E-state index in [-0.39, 0.29) is 23.7 Å². The van der Waals surface area contributed by atoms with E-state index in [1.807, 2.05) is 61.3 Å². The number of carbonyl (C=O) groups excluding carboxylic acids is 2. The fourth-order valence-electron chi connectivity index (χ4n) is 8.02. The molecule has 1 N–H and O–H groups in total. The molecular weight excluding hydrogens is 652 g/mol. The number of nitrogens with zero attached hydrogens (tertiary/aromatic N) is 5. The highest BCUT2D eigenvalue weighted by Crippen LogP contribution is 2.35. The fourth-order valence-corrected chi connectivity index (χ4v) is 8.02. The Morgan fingerprint density at radius 2 is 1.75 bits per heavy atom. The zero-order valence-corrected chi connectivity index (χ0v) is 33.1. The maximum Gasteiger partial charge on any atom is 0.253 e. The number of hydrogen-bond donors (Lipinski definition) is 1. The van der Waals surface area contributed by atoms with Crippen LogP contribution in [-0.2, 0) is 4.79 Å². The van der Waals surface area contributed by atoms with E-state index < -0.39 is 0 Å². The van der Waals surface area contributed by atoms with Crippen molar-refractivity contribution in [2.24, 2.45) is 5.92 Å². The van der Waals surface area contributed by atoms with Gasteiger partial charge in [-0.05, 0) is 140 Å². The number of piperidine rings is 2. The molecule has 2 aromatic rings. The van der Waals surface area contributed by atoms with Crippen LogP contribution >= 0.6 is 0 Å². The molecule has 2 aliphatic heterocycles. The zero-order valence-electron chi connectivity index (χ0n) is 33.1. The first-order valence-corrected chi connectivity index (χ1v) is 19.4. The molecule has 4 rings (SSSR count). The molecule has 0 aliphatic carbocycles. The van der Waals surface area contributed by atoms with E-state index in [1.54, 1.807) is 7.05 Å². The van der Waals surface area contributed by atoms with E-state index in [2.05, 4.69) is 53.9 Å². The molecule has 2 aliphatic rings. The van der Waals surface area contributed by atoms with Gasteiger partial charge in [0.15, 0.2) is 0 Å². The van der Waals surface area contributed by atoms with Crippen LogP contribution in [0.2, 0.25) is 0 Å². The lowest BCUT2D eigenvalue weighted by Gasteiger charge is -2.37. The van der Waals surface area contributed by atoms with E-state index >= 15 is 4.39 Å². The average molecular weight is 715 g/mol. The number of likely N-dealkylation sites (tertiary alicyclic amines) is 2. The molecule has 284 valence electrons. The number of anilines is 1. The number of nitrogens with one attached hydrogen (secondary N) is 1. The standard InChI is InChI=1S/C43H63FN6O2/c1-9-19-48(20-10-2)30-35-12-22-50(23-13-35)43(52)37-27-32(4)42(40(44)29-37)36-14-24-49(25-15-36)34(6)31(3)28-39-33(5)46-18-11-41(39)47(8)21-16-38(45-7)17-26-51/h11,16-18,21,26-29,34-36,45H,9-10,12-15,19-20,22-25,30H2,1-8H3/b21-16-,31-28+,38-17+. The Morgan fingerprint density at radius 3 is 2.35 bits per heavy atom. The van der Waals surface area contributed by atoms with Crippen LogP contribution in [0.15, 0.2) is 54.0 Å². The van der Waals surface area contributed by atoms with Crippen LogP contribution in [0.1, 0.15) is 105 Å². The maximum absolute atomic E-state index is 15.9. The number of pyridine rings is 1. The first kappa shape index (κ1) is 40.9. The maximum atomic E-state index is 15.9. The molecule has 0 spiro atoms. The number of aldehydes is 1. The van der Waals surface area contributed by atoms with Gasteiger partial charge < -0.3 is 20.0 Å². The molecule has 1 unspecified atom stereocenters. The number of hydrogen-bond acceptors (Lipinski definition) is 7.